The first kappa shape index (κ1) is 8.02. The van der Waals surface area contributed by atoms with Gasteiger partial charge in [0, 0.05) is 4.88 Å². The van der Waals surface area contributed by atoms with Crippen LogP contribution in [0, 0.1) is 0 Å². The van der Waals surface area contributed by atoms with Gasteiger partial charge in [-0.3, -0.25) is 0 Å². The van der Waals surface area contributed by atoms with Crippen molar-refractivity contribution in [2.45, 2.75) is 26.4 Å². The summed E-state index contributed by atoms with van der Waals surface area (Å²) in [5.74, 6) is 0. The number of hydrogen-bond donors (Lipinski definition) is 0. The molecule has 0 amide bonds. The second kappa shape index (κ2) is 3.35. The molecular weight excluding hydrogens is 156 g/mol. The highest BCUT2D eigenvalue weighted by Gasteiger charge is 2.02. The van der Waals surface area contributed by atoms with Gasteiger partial charge in [0.15, 0.2) is 0 Å². The first-order valence-corrected chi connectivity index (χ1v) is 6.95. The van der Waals surface area contributed by atoms with Crippen molar-refractivity contribution in [1.29, 1.82) is 0 Å². The van der Waals surface area contributed by atoms with Gasteiger partial charge in [-0.1, -0.05) is 26.1 Å². The summed E-state index contributed by atoms with van der Waals surface area (Å²) < 4.78 is 1.61. The molecule has 0 aliphatic carbocycles. The monoisotopic (exact) mass is 169 g/mol. The van der Waals surface area contributed by atoms with Crippen molar-refractivity contribution in [1.82, 2.24) is 0 Å². The molecule has 1 rings (SSSR count). The second-order valence-corrected chi connectivity index (χ2v) is 6.69. The first-order valence-electron chi connectivity index (χ1n) is 3.63. The molecular formula is C8H13SSi. The fourth-order valence-electron chi connectivity index (χ4n) is 0.837. The fourth-order valence-corrected chi connectivity index (χ4v) is 3.16. The number of aryl methyl sites for hydroxylation is 1. The standard InChI is InChI=1S/C8H13SSi/c1-4-7-5-6-8(9-7)10(2)3/h5-6H,4H2,1-3H3. The van der Waals surface area contributed by atoms with E-state index < -0.39 is 0 Å². The SMILES string of the molecule is CCc1ccc([Si](C)C)s1. The Kier molecular flexibility index (Phi) is 2.69. The molecule has 10 heavy (non-hydrogen) atoms. The van der Waals surface area contributed by atoms with Crippen LogP contribution in [0.1, 0.15) is 11.8 Å². The van der Waals surface area contributed by atoms with Gasteiger partial charge >= 0.3 is 0 Å². The molecule has 0 unspecified atom stereocenters. The van der Waals surface area contributed by atoms with Crippen LogP contribution in [-0.2, 0) is 6.42 Å². The minimum atomic E-state index is -0.183. The van der Waals surface area contributed by atoms with Crippen molar-refractivity contribution in [3.05, 3.63) is 17.0 Å². The van der Waals surface area contributed by atoms with E-state index in [-0.39, 0.29) is 8.80 Å². The predicted molar refractivity (Wildman–Crippen MR) is 50.8 cm³/mol. The Morgan fingerprint density at radius 3 is 2.40 bits per heavy atom. The lowest BCUT2D eigenvalue weighted by Gasteiger charge is -1.94. The van der Waals surface area contributed by atoms with Crippen LogP contribution in [0.4, 0.5) is 0 Å². The van der Waals surface area contributed by atoms with E-state index in [0.29, 0.717) is 0 Å². The lowest BCUT2D eigenvalue weighted by molar-refractivity contribution is 1.19. The van der Waals surface area contributed by atoms with Gasteiger partial charge in [0.1, 0.15) is 0 Å². The van der Waals surface area contributed by atoms with E-state index in [2.05, 4.69) is 32.2 Å². The van der Waals surface area contributed by atoms with Crippen molar-refractivity contribution in [2.24, 2.45) is 0 Å². The third-order valence-corrected chi connectivity index (χ3v) is 5.23. The maximum Gasteiger partial charge on any atom is 0.0927 e. The molecule has 0 aromatic carbocycles. The second-order valence-electron chi connectivity index (χ2n) is 2.62. The van der Waals surface area contributed by atoms with Gasteiger partial charge < -0.3 is 0 Å². The number of rotatable bonds is 2. The fraction of sp³-hybridized carbons (Fsp3) is 0.500. The molecule has 0 bridgehead atoms. The van der Waals surface area contributed by atoms with Gasteiger partial charge in [0.2, 0.25) is 0 Å². The molecule has 0 N–H and O–H groups in total. The van der Waals surface area contributed by atoms with Crippen LogP contribution in [0.5, 0.6) is 0 Å². The lowest BCUT2D eigenvalue weighted by atomic mass is 10.4. The summed E-state index contributed by atoms with van der Waals surface area (Å²) >= 11 is 1.99. The molecule has 1 aromatic heterocycles. The lowest BCUT2D eigenvalue weighted by Crippen LogP contribution is -2.17. The molecule has 55 valence electrons. The summed E-state index contributed by atoms with van der Waals surface area (Å²) in [6.45, 7) is 6.90. The van der Waals surface area contributed by atoms with E-state index >= 15 is 0 Å². The van der Waals surface area contributed by atoms with Gasteiger partial charge in [-0.05, 0) is 17.0 Å². The summed E-state index contributed by atoms with van der Waals surface area (Å²) in [5, 5.41) is 0. The topological polar surface area (TPSA) is 0 Å². The van der Waals surface area contributed by atoms with Crippen LogP contribution in [-0.4, -0.2) is 8.80 Å². The highest BCUT2D eigenvalue weighted by molar-refractivity contribution is 7.23. The maximum atomic E-state index is 2.34. The third-order valence-electron chi connectivity index (χ3n) is 1.50. The molecule has 0 spiro atoms. The van der Waals surface area contributed by atoms with Crippen molar-refractivity contribution < 1.29 is 0 Å². The highest BCUT2D eigenvalue weighted by atomic mass is 32.1. The summed E-state index contributed by atoms with van der Waals surface area (Å²) in [6.07, 6.45) is 1.19. The molecule has 0 saturated carbocycles. The molecule has 0 atom stereocenters. The smallest absolute Gasteiger partial charge is 0.0927 e. The molecule has 2 heteroatoms. The zero-order chi connectivity index (χ0) is 7.56. The molecule has 1 radical (unpaired) electrons. The van der Waals surface area contributed by atoms with Crippen LogP contribution in [0.25, 0.3) is 0 Å². The van der Waals surface area contributed by atoms with E-state index in [0.717, 1.165) is 0 Å². The van der Waals surface area contributed by atoms with Gasteiger partial charge in [-0.2, -0.15) is 11.3 Å². The summed E-state index contributed by atoms with van der Waals surface area (Å²) in [7, 11) is -0.183. The van der Waals surface area contributed by atoms with Crippen LogP contribution in [0.3, 0.4) is 0 Å². The van der Waals surface area contributed by atoms with Gasteiger partial charge in [0.25, 0.3) is 0 Å². The number of hydrogen-bond acceptors (Lipinski definition) is 1. The number of thiophene rings is 1. The maximum absolute atomic E-state index is 2.34. The first-order chi connectivity index (χ1) is 4.74. The highest BCUT2D eigenvalue weighted by Crippen LogP contribution is 2.07. The summed E-state index contributed by atoms with van der Waals surface area (Å²) in [6, 6.07) is 4.55. The van der Waals surface area contributed by atoms with Crippen molar-refractivity contribution >= 4 is 24.6 Å². The largest absolute Gasteiger partial charge is 0.150 e. The Morgan fingerprint density at radius 2 is 2.10 bits per heavy atom. The zero-order valence-electron chi connectivity index (χ0n) is 6.77. The Hall–Kier alpha value is -0.0831. The van der Waals surface area contributed by atoms with Crippen LogP contribution < -0.4 is 4.50 Å². The van der Waals surface area contributed by atoms with Crippen LogP contribution in [0.2, 0.25) is 13.1 Å². The Labute approximate surface area is 68.5 Å². The molecule has 0 fully saturated rings. The van der Waals surface area contributed by atoms with Gasteiger partial charge in [-0.15, -0.1) is 0 Å². The Balaban J connectivity index is 2.78. The average molecular weight is 169 g/mol. The van der Waals surface area contributed by atoms with E-state index in [1.165, 1.54) is 11.3 Å². The van der Waals surface area contributed by atoms with E-state index in [1.807, 2.05) is 11.3 Å². The average Bonchev–Trinajstić information content (AvgIpc) is 2.34. The normalized spacial score (nSPS) is 10.8. The molecule has 0 aliphatic rings. The molecule has 1 aromatic rings. The van der Waals surface area contributed by atoms with Crippen molar-refractivity contribution in [2.75, 3.05) is 0 Å². The predicted octanol–water partition coefficient (Wildman–Crippen LogP) is 2.27. The van der Waals surface area contributed by atoms with Crippen molar-refractivity contribution in [3.63, 3.8) is 0 Å². The minimum Gasteiger partial charge on any atom is -0.150 e. The van der Waals surface area contributed by atoms with Gasteiger partial charge in [-0.25, -0.2) is 0 Å². The van der Waals surface area contributed by atoms with E-state index in [1.54, 1.807) is 4.50 Å². The molecule has 0 nitrogen and oxygen atoms in total. The molecule has 1 heterocycles. The van der Waals surface area contributed by atoms with Crippen molar-refractivity contribution in [3.8, 4) is 0 Å². The van der Waals surface area contributed by atoms with Crippen LogP contribution in [0.15, 0.2) is 12.1 Å². The zero-order valence-corrected chi connectivity index (χ0v) is 8.59. The molecule has 0 aliphatic heterocycles. The quantitative estimate of drug-likeness (QED) is 0.596. The van der Waals surface area contributed by atoms with E-state index in [4.69, 9.17) is 0 Å². The Bertz CT molecular complexity index is 203. The Morgan fingerprint density at radius 1 is 1.40 bits per heavy atom. The van der Waals surface area contributed by atoms with Gasteiger partial charge in [0.05, 0.1) is 8.80 Å². The minimum absolute atomic E-state index is 0.183. The summed E-state index contributed by atoms with van der Waals surface area (Å²) in [5.41, 5.74) is 0. The summed E-state index contributed by atoms with van der Waals surface area (Å²) in [4.78, 5) is 1.53. The van der Waals surface area contributed by atoms with E-state index in [9.17, 15) is 0 Å². The third kappa shape index (κ3) is 1.70. The van der Waals surface area contributed by atoms with Crippen LogP contribution >= 0.6 is 11.3 Å². The molecule has 0 saturated heterocycles.